The lowest BCUT2D eigenvalue weighted by atomic mass is 10.0. The first-order valence-electron chi connectivity index (χ1n) is 29.3. The number of nitrogens with zero attached hydrogens (tertiary/aromatic N) is 1. The zero-order chi connectivity index (χ0) is 48.3. The highest BCUT2D eigenvalue weighted by Crippen LogP contribution is 2.38. The fourth-order valence-corrected chi connectivity index (χ4v) is 9.63. The van der Waals surface area contributed by atoms with Gasteiger partial charge in [-0.25, -0.2) is 0 Å². The summed E-state index contributed by atoms with van der Waals surface area (Å²) in [6, 6.07) is 0. The Morgan fingerprint density at radius 1 is 0.409 bits per heavy atom. The highest BCUT2D eigenvalue weighted by molar-refractivity contribution is 7.45. The molecular weight excluding hydrogens is 842 g/mol. The second-order valence-corrected chi connectivity index (χ2v) is 22.8. The fourth-order valence-electron chi connectivity index (χ4n) is 8.90. The van der Waals surface area contributed by atoms with Crippen molar-refractivity contribution in [2.24, 2.45) is 0 Å². The minimum atomic E-state index is -4.53. The molecule has 0 spiro atoms. The average molecular weight is 959 g/mol. The largest absolute Gasteiger partial charge is 0.756 e. The Kier molecular flexibility index (Phi) is 50.5. The maximum absolute atomic E-state index is 12.8. The molecule has 0 N–H and O–H groups in total. The summed E-state index contributed by atoms with van der Waals surface area (Å²) < 4.78 is 34.9. The molecular formula is C57H116NO7P. The molecule has 0 aromatic rings. The summed E-state index contributed by atoms with van der Waals surface area (Å²) in [6.45, 7) is 5.51. The lowest BCUT2D eigenvalue weighted by molar-refractivity contribution is -0.870. The number of likely N-dealkylation sites (N-methyl/N-ethyl adjacent to an activating group) is 1. The van der Waals surface area contributed by atoms with Crippen LogP contribution in [0.1, 0.15) is 303 Å². The van der Waals surface area contributed by atoms with Crippen molar-refractivity contribution >= 4 is 13.8 Å². The zero-order valence-electron chi connectivity index (χ0n) is 45.2. The normalized spacial score (nSPS) is 13.4. The van der Waals surface area contributed by atoms with E-state index in [9.17, 15) is 14.3 Å². The van der Waals surface area contributed by atoms with Crippen LogP contribution in [0, 0.1) is 0 Å². The molecule has 2 unspecified atom stereocenters. The molecule has 0 fully saturated rings. The Balaban J connectivity index is 4.00. The topological polar surface area (TPSA) is 94.1 Å². The Labute approximate surface area is 412 Å². The molecule has 0 heterocycles. The Morgan fingerprint density at radius 3 is 1.00 bits per heavy atom. The molecule has 0 aliphatic rings. The van der Waals surface area contributed by atoms with Crippen molar-refractivity contribution < 1.29 is 37.3 Å². The maximum atomic E-state index is 12.8. The highest BCUT2D eigenvalue weighted by Gasteiger charge is 2.20. The smallest absolute Gasteiger partial charge is 0.306 e. The van der Waals surface area contributed by atoms with E-state index in [0.29, 0.717) is 24.1 Å². The molecule has 0 aliphatic heterocycles. The lowest BCUT2D eigenvalue weighted by Crippen LogP contribution is -2.37. The van der Waals surface area contributed by atoms with Crippen molar-refractivity contribution in [3.63, 3.8) is 0 Å². The first kappa shape index (κ1) is 65.5. The van der Waals surface area contributed by atoms with Crippen LogP contribution in [-0.2, 0) is 27.9 Å². The minimum absolute atomic E-state index is 0.0320. The van der Waals surface area contributed by atoms with Crippen LogP contribution in [0.5, 0.6) is 0 Å². The van der Waals surface area contributed by atoms with E-state index >= 15 is 0 Å². The fraction of sp³-hybridized carbons (Fsp3) is 0.982. The lowest BCUT2D eigenvalue weighted by Gasteiger charge is -2.28. The van der Waals surface area contributed by atoms with Gasteiger partial charge in [-0.1, -0.05) is 284 Å². The Hall–Kier alpha value is -0.500. The molecule has 0 saturated carbocycles. The van der Waals surface area contributed by atoms with Gasteiger partial charge in [-0.05, 0) is 12.8 Å². The van der Waals surface area contributed by atoms with E-state index in [1.807, 2.05) is 21.1 Å². The SMILES string of the molecule is CCCCCCCCCCCCCCCCCCCCCCCCCCC(=O)OC(COCCCCCCCCCCCCCCCCCCCCCC)COP(=O)([O-])OCC[N+](C)(C)C. The number of carbonyl (C=O) groups excluding carboxylic acids is 1. The summed E-state index contributed by atoms with van der Waals surface area (Å²) in [5, 5.41) is 0. The quantitative estimate of drug-likeness (QED) is 0.0259. The van der Waals surface area contributed by atoms with Gasteiger partial charge < -0.3 is 27.9 Å². The van der Waals surface area contributed by atoms with Crippen molar-refractivity contribution in [3.8, 4) is 0 Å². The monoisotopic (exact) mass is 958 g/mol. The standard InChI is InChI=1S/C57H116NO7P/c1-6-8-10-12-14-16-18-20-22-24-26-28-29-30-31-32-34-36-38-40-42-44-46-48-50-57(59)65-56(55-64-66(60,61)63-53-51-58(3,4)5)54-62-52-49-47-45-43-41-39-37-35-33-27-25-23-21-19-17-15-13-11-9-7-2/h56H,6-55H2,1-5H3. The summed E-state index contributed by atoms with van der Waals surface area (Å²) in [5.41, 5.74) is 0. The van der Waals surface area contributed by atoms with Gasteiger partial charge in [-0.3, -0.25) is 9.36 Å². The number of quaternary nitrogens is 1. The third-order valence-electron chi connectivity index (χ3n) is 13.4. The summed E-state index contributed by atoms with van der Waals surface area (Å²) >= 11 is 0. The van der Waals surface area contributed by atoms with Gasteiger partial charge in [0.2, 0.25) is 0 Å². The van der Waals surface area contributed by atoms with E-state index in [1.165, 1.54) is 250 Å². The van der Waals surface area contributed by atoms with E-state index in [1.54, 1.807) is 0 Å². The number of hydrogen-bond donors (Lipinski definition) is 0. The number of esters is 1. The third-order valence-corrected chi connectivity index (χ3v) is 14.4. The van der Waals surface area contributed by atoms with Crippen molar-refractivity contribution in [3.05, 3.63) is 0 Å². The summed E-state index contributed by atoms with van der Waals surface area (Å²) in [4.78, 5) is 25.3. The number of hydrogen-bond acceptors (Lipinski definition) is 7. The molecule has 0 saturated heterocycles. The van der Waals surface area contributed by atoms with Gasteiger partial charge in [0.1, 0.15) is 19.3 Å². The first-order valence-corrected chi connectivity index (χ1v) is 30.7. The summed E-state index contributed by atoms with van der Waals surface area (Å²) in [5.74, 6) is -0.323. The third kappa shape index (κ3) is 54.4. The molecule has 9 heteroatoms. The van der Waals surface area contributed by atoms with Crippen LogP contribution in [0.4, 0.5) is 0 Å². The van der Waals surface area contributed by atoms with Crippen LogP contribution < -0.4 is 4.89 Å². The first-order chi connectivity index (χ1) is 32.1. The van der Waals surface area contributed by atoms with E-state index < -0.39 is 13.9 Å². The average Bonchev–Trinajstić information content (AvgIpc) is 3.28. The van der Waals surface area contributed by atoms with Gasteiger partial charge in [-0.2, -0.15) is 0 Å². The molecule has 0 aromatic heterocycles. The summed E-state index contributed by atoms with van der Waals surface area (Å²) in [7, 11) is 1.38. The van der Waals surface area contributed by atoms with Gasteiger partial charge >= 0.3 is 5.97 Å². The number of unbranched alkanes of at least 4 members (excludes halogenated alkanes) is 42. The molecule has 2 atom stereocenters. The van der Waals surface area contributed by atoms with Crippen molar-refractivity contribution in [2.45, 2.75) is 309 Å². The number of phosphoric ester groups is 1. The number of rotatable bonds is 56. The molecule has 0 aromatic carbocycles. The van der Waals surface area contributed by atoms with E-state index in [2.05, 4.69) is 13.8 Å². The van der Waals surface area contributed by atoms with Gasteiger partial charge in [-0.15, -0.1) is 0 Å². The Bertz CT molecular complexity index is 1020. The van der Waals surface area contributed by atoms with Crippen LogP contribution in [0.2, 0.25) is 0 Å². The van der Waals surface area contributed by atoms with Gasteiger partial charge in [0.05, 0.1) is 34.4 Å². The second kappa shape index (κ2) is 50.9. The van der Waals surface area contributed by atoms with E-state index in [4.69, 9.17) is 18.5 Å². The van der Waals surface area contributed by atoms with Crippen molar-refractivity contribution in [1.29, 1.82) is 0 Å². The van der Waals surface area contributed by atoms with Gasteiger partial charge in [0.15, 0.2) is 0 Å². The molecule has 66 heavy (non-hydrogen) atoms. The maximum Gasteiger partial charge on any atom is 0.306 e. The minimum Gasteiger partial charge on any atom is -0.756 e. The van der Waals surface area contributed by atoms with Crippen molar-refractivity contribution in [2.75, 3.05) is 54.1 Å². The number of phosphoric acid groups is 1. The second-order valence-electron chi connectivity index (χ2n) is 21.4. The Morgan fingerprint density at radius 2 is 0.697 bits per heavy atom. The summed E-state index contributed by atoms with van der Waals surface area (Å²) in [6.07, 6.45) is 58.6. The van der Waals surface area contributed by atoms with Gasteiger partial charge in [0, 0.05) is 13.0 Å². The number of carbonyl (C=O) groups is 1. The van der Waals surface area contributed by atoms with Crippen LogP contribution in [0.25, 0.3) is 0 Å². The molecule has 0 bridgehead atoms. The molecule has 8 nitrogen and oxygen atoms in total. The predicted octanol–water partition coefficient (Wildman–Crippen LogP) is 17.7. The predicted molar refractivity (Wildman–Crippen MR) is 282 cm³/mol. The van der Waals surface area contributed by atoms with Crippen LogP contribution in [0.15, 0.2) is 0 Å². The van der Waals surface area contributed by atoms with Crippen molar-refractivity contribution in [1.82, 2.24) is 0 Å². The van der Waals surface area contributed by atoms with E-state index in [0.717, 1.165) is 32.1 Å². The molecule has 0 radical (unpaired) electrons. The van der Waals surface area contributed by atoms with E-state index in [-0.39, 0.29) is 25.8 Å². The zero-order valence-corrected chi connectivity index (χ0v) is 46.1. The number of ether oxygens (including phenoxy) is 2. The molecule has 396 valence electrons. The molecule has 0 amide bonds. The van der Waals surface area contributed by atoms with Crippen LogP contribution in [0.3, 0.4) is 0 Å². The van der Waals surface area contributed by atoms with Gasteiger partial charge in [0.25, 0.3) is 7.82 Å². The molecule has 0 rings (SSSR count). The highest BCUT2D eigenvalue weighted by atomic mass is 31.2. The molecule has 0 aliphatic carbocycles. The van der Waals surface area contributed by atoms with Crippen LogP contribution >= 0.6 is 7.82 Å². The van der Waals surface area contributed by atoms with Crippen LogP contribution in [-0.4, -0.2) is 70.7 Å².